The minimum Gasteiger partial charge on any atom is -0.436 e. The summed E-state index contributed by atoms with van der Waals surface area (Å²) in [6, 6.07) is 14.5. The molecule has 0 spiro atoms. The molecule has 0 saturated carbocycles. The number of aromatic nitrogens is 1. The van der Waals surface area contributed by atoms with Crippen LogP contribution < -0.4 is 5.32 Å². The molecule has 9 heteroatoms. The van der Waals surface area contributed by atoms with Crippen LogP contribution in [-0.4, -0.2) is 25.1 Å². The molecule has 1 amide bonds. The second-order valence-corrected chi connectivity index (χ2v) is 9.39. The smallest absolute Gasteiger partial charge is 0.255 e. The molecule has 0 unspecified atom stereocenters. The third kappa shape index (κ3) is 4.30. The number of oxazole rings is 1. The summed E-state index contributed by atoms with van der Waals surface area (Å²) in [5.41, 5.74) is 1.96. The molecule has 0 aliphatic rings. The number of rotatable bonds is 5. The van der Waals surface area contributed by atoms with Gasteiger partial charge >= 0.3 is 0 Å². The van der Waals surface area contributed by atoms with Gasteiger partial charge in [0.15, 0.2) is 15.4 Å². The van der Waals surface area contributed by atoms with Crippen molar-refractivity contribution >= 4 is 44.1 Å². The van der Waals surface area contributed by atoms with Gasteiger partial charge in [0, 0.05) is 11.1 Å². The minimum atomic E-state index is -3.37. The molecular formula is C22H16ClFN2O4S. The Hall–Kier alpha value is -3.23. The molecule has 1 aromatic heterocycles. The van der Waals surface area contributed by atoms with Crippen LogP contribution in [0.1, 0.15) is 17.3 Å². The highest BCUT2D eigenvalue weighted by Crippen LogP contribution is 2.31. The average molecular weight is 459 g/mol. The Morgan fingerprint density at radius 1 is 1.10 bits per heavy atom. The van der Waals surface area contributed by atoms with Crippen molar-refractivity contribution in [2.75, 3.05) is 11.1 Å². The molecule has 6 nitrogen and oxygen atoms in total. The van der Waals surface area contributed by atoms with Gasteiger partial charge in [0.05, 0.1) is 21.4 Å². The molecular weight excluding hydrogens is 443 g/mol. The van der Waals surface area contributed by atoms with E-state index in [1.54, 1.807) is 31.2 Å². The Balaban J connectivity index is 1.66. The van der Waals surface area contributed by atoms with E-state index in [1.807, 2.05) is 0 Å². The van der Waals surface area contributed by atoms with E-state index >= 15 is 0 Å². The van der Waals surface area contributed by atoms with Crippen molar-refractivity contribution < 1.29 is 22.0 Å². The van der Waals surface area contributed by atoms with E-state index in [9.17, 15) is 17.6 Å². The molecule has 4 aromatic rings. The van der Waals surface area contributed by atoms with Gasteiger partial charge in [-0.3, -0.25) is 4.79 Å². The highest BCUT2D eigenvalue weighted by molar-refractivity contribution is 7.91. The van der Waals surface area contributed by atoms with Gasteiger partial charge in [0.25, 0.3) is 5.91 Å². The van der Waals surface area contributed by atoms with Gasteiger partial charge in [0.1, 0.15) is 11.3 Å². The normalized spacial score (nSPS) is 11.6. The molecule has 0 radical (unpaired) electrons. The molecule has 1 N–H and O–H groups in total. The number of hydrogen-bond acceptors (Lipinski definition) is 5. The number of hydrogen-bond donors (Lipinski definition) is 1. The molecule has 0 aliphatic carbocycles. The zero-order valence-corrected chi connectivity index (χ0v) is 17.8. The van der Waals surface area contributed by atoms with Crippen molar-refractivity contribution in [2.45, 2.75) is 11.8 Å². The lowest BCUT2D eigenvalue weighted by Crippen LogP contribution is -2.12. The van der Waals surface area contributed by atoms with Crippen molar-refractivity contribution in [1.82, 2.24) is 4.98 Å². The van der Waals surface area contributed by atoms with Crippen LogP contribution in [0.3, 0.4) is 0 Å². The Kier molecular flexibility index (Phi) is 5.51. The summed E-state index contributed by atoms with van der Waals surface area (Å²) in [7, 11) is -3.37. The monoisotopic (exact) mass is 458 g/mol. The van der Waals surface area contributed by atoms with Crippen LogP contribution >= 0.6 is 11.6 Å². The quantitative estimate of drug-likeness (QED) is 0.436. The highest BCUT2D eigenvalue weighted by Gasteiger charge is 2.16. The fourth-order valence-electron chi connectivity index (χ4n) is 2.94. The SMILES string of the molecule is CCS(=O)(=O)c1ccc2oc(-c3ccc(Cl)c(NC(=O)c4ccc(F)cc4)c3)nc2c1. The lowest BCUT2D eigenvalue weighted by molar-refractivity contribution is 0.102. The molecule has 0 saturated heterocycles. The maximum absolute atomic E-state index is 13.1. The van der Waals surface area contributed by atoms with Gasteiger partial charge in [-0.05, 0) is 60.7 Å². The van der Waals surface area contributed by atoms with Crippen LogP contribution in [0.4, 0.5) is 10.1 Å². The van der Waals surface area contributed by atoms with E-state index in [0.717, 1.165) is 0 Å². The summed E-state index contributed by atoms with van der Waals surface area (Å²) in [6.07, 6.45) is 0. The van der Waals surface area contributed by atoms with Crippen LogP contribution in [0.5, 0.6) is 0 Å². The van der Waals surface area contributed by atoms with E-state index in [4.69, 9.17) is 16.0 Å². The number of anilines is 1. The minimum absolute atomic E-state index is 0.0164. The third-order valence-corrected chi connectivity index (χ3v) is 6.73. The zero-order chi connectivity index (χ0) is 22.2. The summed E-state index contributed by atoms with van der Waals surface area (Å²) in [4.78, 5) is 17.0. The van der Waals surface area contributed by atoms with Crippen LogP contribution in [0.25, 0.3) is 22.6 Å². The number of sulfone groups is 1. The van der Waals surface area contributed by atoms with Crippen LogP contribution in [0.15, 0.2) is 70.0 Å². The van der Waals surface area contributed by atoms with E-state index in [0.29, 0.717) is 27.4 Å². The number of amides is 1. The predicted molar refractivity (Wildman–Crippen MR) is 117 cm³/mol. The van der Waals surface area contributed by atoms with E-state index in [1.165, 1.54) is 36.4 Å². The standard InChI is InChI=1S/C22H16ClFN2O4S/c1-2-31(28,29)16-8-10-20-19(12-16)26-22(30-20)14-5-9-17(23)18(11-14)25-21(27)13-3-6-15(24)7-4-13/h3-12H,2H2,1H3,(H,25,27). The summed E-state index contributed by atoms with van der Waals surface area (Å²) in [6.45, 7) is 1.57. The molecule has 4 rings (SSSR count). The number of carbonyl (C=O) groups excluding carboxylic acids is 1. The largest absolute Gasteiger partial charge is 0.436 e. The first-order valence-corrected chi connectivity index (χ1v) is 11.3. The van der Waals surface area contributed by atoms with E-state index in [-0.39, 0.29) is 22.1 Å². The number of carbonyl (C=O) groups is 1. The molecule has 31 heavy (non-hydrogen) atoms. The van der Waals surface area contributed by atoms with Crippen LogP contribution in [0, 0.1) is 5.82 Å². The van der Waals surface area contributed by atoms with Crippen molar-refractivity contribution in [3.63, 3.8) is 0 Å². The maximum Gasteiger partial charge on any atom is 0.255 e. The number of nitrogens with zero attached hydrogens (tertiary/aromatic N) is 1. The molecule has 0 atom stereocenters. The number of benzene rings is 3. The first-order valence-electron chi connectivity index (χ1n) is 9.27. The van der Waals surface area contributed by atoms with Gasteiger partial charge in [-0.1, -0.05) is 18.5 Å². The molecule has 0 fully saturated rings. The van der Waals surface area contributed by atoms with E-state index < -0.39 is 21.6 Å². The summed E-state index contributed by atoms with van der Waals surface area (Å²) in [5.74, 6) is -0.666. The first kappa shape index (κ1) is 21.0. The summed E-state index contributed by atoms with van der Waals surface area (Å²) >= 11 is 6.21. The van der Waals surface area contributed by atoms with Gasteiger partial charge in [-0.15, -0.1) is 0 Å². The lowest BCUT2D eigenvalue weighted by Gasteiger charge is -2.08. The van der Waals surface area contributed by atoms with Gasteiger partial charge < -0.3 is 9.73 Å². The van der Waals surface area contributed by atoms with Crippen LogP contribution in [0.2, 0.25) is 5.02 Å². The number of halogens is 2. The van der Waals surface area contributed by atoms with Gasteiger partial charge in [-0.25, -0.2) is 17.8 Å². The Morgan fingerprint density at radius 2 is 1.84 bits per heavy atom. The van der Waals surface area contributed by atoms with Crippen molar-refractivity contribution in [2.24, 2.45) is 0 Å². The van der Waals surface area contributed by atoms with E-state index in [2.05, 4.69) is 10.3 Å². The molecule has 3 aromatic carbocycles. The highest BCUT2D eigenvalue weighted by atomic mass is 35.5. The third-order valence-electron chi connectivity index (χ3n) is 4.67. The van der Waals surface area contributed by atoms with Gasteiger partial charge in [-0.2, -0.15) is 0 Å². The summed E-state index contributed by atoms with van der Waals surface area (Å²) < 4.78 is 43.0. The fourth-order valence-corrected chi connectivity index (χ4v) is 4.01. The second kappa shape index (κ2) is 8.13. The average Bonchev–Trinajstić information content (AvgIpc) is 3.19. The molecule has 1 heterocycles. The lowest BCUT2D eigenvalue weighted by atomic mass is 10.1. The number of fused-ring (bicyclic) bond motifs is 1. The number of nitrogens with one attached hydrogen (secondary N) is 1. The van der Waals surface area contributed by atoms with Crippen molar-refractivity contribution in [3.8, 4) is 11.5 Å². The van der Waals surface area contributed by atoms with Crippen molar-refractivity contribution in [1.29, 1.82) is 0 Å². The first-order chi connectivity index (χ1) is 14.8. The zero-order valence-electron chi connectivity index (χ0n) is 16.2. The topological polar surface area (TPSA) is 89.3 Å². The molecule has 158 valence electrons. The summed E-state index contributed by atoms with van der Waals surface area (Å²) in [5, 5.41) is 2.98. The second-order valence-electron chi connectivity index (χ2n) is 6.71. The van der Waals surface area contributed by atoms with Crippen LogP contribution in [-0.2, 0) is 9.84 Å². The Morgan fingerprint density at radius 3 is 2.55 bits per heavy atom. The Bertz CT molecular complexity index is 1400. The van der Waals surface area contributed by atoms with Gasteiger partial charge in [0.2, 0.25) is 5.89 Å². The van der Waals surface area contributed by atoms with Crippen molar-refractivity contribution in [3.05, 3.63) is 77.1 Å². The molecule has 0 aliphatic heterocycles. The maximum atomic E-state index is 13.1. The fraction of sp³-hybridized carbons (Fsp3) is 0.0909. The predicted octanol–water partition coefficient (Wildman–Crippen LogP) is 5.33. The molecule has 0 bridgehead atoms. The Labute approximate surface area is 182 Å².